The summed E-state index contributed by atoms with van der Waals surface area (Å²) in [7, 11) is 0. The first-order valence-corrected chi connectivity index (χ1v) is 10.1. The Labute approximate surface area is 157 Å². The number of hydrogen-bond acceptors (Lipinski definition) is 4. The molecule has 1 unspecified atom stereocenters. The van der Waals surface area contributed by atoms with Gasteiger partial charge in [-0.15, -0.1) is 11.3 Å². The van der Waals surface area contributed by atoms with Crippen molar-refractivity contribution >= 4 is 27.5 Å². The summed E-state index contributed by atoms with van der Waals surface area (Å²) in [5, 5.41) is 0.604. The van der Waals surface area contributed by atoms with Crippen LogP contribution in [0.1, 0.15) is 34.2 Å². The highest BCUT2D eigenvalue weighted by Crippen LogP contribution is 2.35. The van der Waals surface area contributed by atoms with Gasteiger partial charge in [-0.25, -0.2) is 4.98 Å². The van der Waals surface area contributed by atoms with Crippen LogP contribution < -0.4 is 0 Å². The molecule has 1 atom stereocenters. The molecule has 1 aliphatic carbocycles. The quantitative estimate of drug-likeness (QED) is 0.707. The average molecular weight is 363 g/mol. The molecule has 26 heavy (non-hydrogen) atoms. The molecule has 5 heteroatoms. The third kappa shape index (κ3) is 2.91. The van der Waals surface area contributed by atoms with Crippen molar-refractivity contribution < 1.29 is 4.79 Å². The van der Waals surface area contributed by atoms with Gasteiger partial charge >= 0.3 is 0 Å². The maximum Gasteiger partial charge on any atom is 0.283 e. The van der Waals surface area contributed by atoms with E-state index in [0.717, 1.165) is 35.9 Å². The van der Waals surface area contributed by atoms with Gasteiger partial charge < -0.3 is 4.90 Å². The fourth-order valence-electron chi connectivity index (χ4n) is 3.87. The molecular weight excluding hydrogens is 342 g/mol. The van der Waals surface area contributed by atoms with Crippen molar-refractivity contribution in [1.29, 1.82) is 0 Å². The van der Waals surface area contributed by atoms with Crippen molar-refractivity contribution in [2.75, 3.05) is 19.6 Å². The predicted molar refractivity (Wildman–Crippen MR) is 104 cm³/mol. The summed E-state index contributed by atoms with van der Waals surface area (Å²) in [6.45, 7) is 2.65. The van der Waals surface area contributed by atoms with Gasteiger partial charge in [0.1, 0.15) is 0 Å². The maximum absolute atomic E-state index is 13.3. The van der Waals surface area contributed by atoms with E-state index in [0.29, 0.717) is 5.01 Å². The standard InChI is InChI=1S/C21H21N3OS/c25-21(20-22-17-8-4-5-9-19(17)26-20)24-13-12-23(16-10-11-16)14-18(24)15-6-2-1-3-7-15/h1-9,16,18H,10-14H2. The first-order valence-electron chi connectivity index (χ1n) is 9.25. The number of aromatic nitrogens is 1. The first kappa shape index (κ1) is 16.0. The third-order valence-electron chi connectivity index (χ3n) is 5.40. The molecule has 4 nitrogen and oxygen atoms in total. The van der Waals surface area contributed by atoms with Crippen LogP contribution >= 0.6 is 11.3 Å². The number of fused-ring (bicyclic) bond motifs is 1. The minimum atomic E-state index is 0.0653. The van der Waals surface area contributed by atoms with Gasteiger partial charge in [0.15, 0.2) is 5.01 Å². The van der Waals surface area contributed by atoms with Crippen molar-refractivity contribution in [1.82, 2.24) is 14.8 Å². The van der Waals surface area contributed by atoms with Crippen molar-refractivity contribution in [3.8, 4) is 0 Å². The second-order valence-electron chi connectivity index (χ2n) is 7.14. The Hall–Kier alpha value is -2.24. The lowest BCUT2D eigenvalue weighted by Crippen LogP contribution is -2.51. The van der Waals surface area contributed by atoms with Gasteiger partial charge in [0.25, 0.3) is 5.91 Å². The zero-order chi connectivity index (χ0) is 17.5. The molecule has 1 aliphatic heterocycles. The van der Waals surface area contributed by atoms with Crippen LogP contribution in [0.5, 0.6) is 0 Å². The fourth-order valence-corrected chi connectivity index (χ4v) is 4.79. The van der Waals surface area contributed by atoms with E-state index in [1.807, 2.05) is 35.2 Å². The second-order valence-corrected chi connectivity index (χ2v) is 8.17. The van der Waals surface area contributed by atoms with Crippen LogP contribution in [0.4, 0.5) is 0 Å². The van der Waals surface area contributed by atoms with Gasteiger partial charge in [-0.05, 0) is 30.5 Å². The number of amides is 1. The van der Waals surface area contributed by atoms with Crippen LogP contribution in [-0.4, -0.2) is 46.4 Å². The molecule has 132 valence electrons. The first-order chi connectivity index (χ1) is 12.8. The SMILES string of the molecule is O=C(c1nc2ccccc2s1)N1CCN(C2CC2)CC1c1ccccc1. The monoisotopic (exact) mass is 363 g/mol. The Kier molecular flexibility index (Phi) is 3.98. The Bertz CT molecular complexity index is 902. The van der Waals surface area contributed by atoms with E-state index in [1.165, 1.54) is 29.7 Å². The predicted octanol–water partition coefficient (Wildman–Crippen LogP) is 3.96. The molecule has 1 saturated heterocycles. The van der Waals surface area contributed by atoms with Gasteiger partial charge in [-0.3, -0.25) is 9.69 Å². The van der Waals surface area contributed by atoms with Crippen molar-refractivity contribution in [3.63, 3.8) is 0 Å². The van der Waals surface area contributed by atoms with Crippen LogP contribution in [0.15, 0.2) is 54.6 Å². The molecule has 2 heterocycles. The number of carbonyl (C=O) groups excluding carboxylic acids is 1. The van der Waals surface area contributed by atoms with Gasteiger partial charge in [0.05, 0.1) is 16.3 Å². The normalized spacial score (nSPS) is 21.2. The molecule has 2 aromatic carbocycles. The summed E-state index contributed by atoms with van der Waals surface area (Å²) >= 11 is 1.50. The van der Waals surface area contributed by atoms with Crippen LogP contribution in [-0.2, 0) is 0 Å². The lowest BCUT2D eigenvalue weighted by atomic mass is 10.0. The van der Waals surface area contributed by atoms with E-state index >= 15 is 0 Å². The Morgan fingerprint density at radius 3 is 2.54 bits per heavy atom. The van der Waals surface area contributed by atoms with Crippen LogP contribution in [0.2, 0.25) is 0 Å². The van der Waals surface area contributed by atoms with Gasteiger partial charge in [0.2, 0.25) is 0 Å². The molecular formula is C21H21N3OS. The van der Waals surface area contributed by atoms with Crippen molar-refractivity contribution in [2.45, 2.75) is 24.9 Å². The lowest BCUT2D eigenvalue weighted by Gasteiger charge is -2.41. The summed E-state index contributed by atoms with van der Waals surface area (Å²) in [6.07, 6.45) is 2.60. The van der Waals surface area contributed by atoms with Gasteiger partial charge in [-0.1, -0.05) is 42.5 Å². The van der Waals surface area contributed by atoms with Crippen LogP contribution in [0.3, 0.4) is 0 Å². The molecule has 1 amide bonds. The van der Waals surface area contributed by atoms with E-state index in [4.69, 9.17) is 0 Å². The van der Waals surface area contributed by atoms with Crippen molar-refractivity contribution in [2.24, 2.45) is 0 Å². The molecule has 1 saturated carbocycles. The molecule has 2 aliphatic rings. The lowest BCUT2D eigenvalue weighted by molar-refractivity contribution is 0.0433. The van der Waals surface area contributed by atoms with E-state index < -0.39 is 0 Å². The summed E-state index contributed by atoms with van der Waals surface area (Å²) in [4.78, 5) is 22.5. The minimum absolute atomic E-state index is 0.0653. The number of hydrogen-bond donors (Lipinski definition) is 0. The number of piperazine rings is 1. The number of rotatable bonds is 3. The van der Waals surface area contributed by atoms with E-state index in [2.05, 4.69) is 34.1 Å². The zero-order valence-corrected chi connectivity index (χ0v) is 15.4. The number of benzene rings is 2. The smallest absolute Gasteiger partial charge is 0.283 e. The van der Waals surface area contributed by atoms with Gasteiger partial charge in [0, 0.05) is 25.7 Å². The highest BCUT2D eigenvalue weighted by atomic mass is 32.1. The highest BCUT2D eigenvalue weighted by Gasteiger charge is 2.38. The van der Waals surface area contributed by atoms with E-state index in [9.17, 15) is 4.79 Å². The summed E-state index contributed by atoms with van der Waals surface area (Å²) in [5.41, 5.74) is 2.13. The number of nitrogens with zero attached hydrogens (tertiary/aromatic N) is 3. The third-order valence-corrected chi connectivity index (χ3v) is 6.42. The molecule has 2 fully saturated rings. The number of thiazole rings is 1. The highest BCUT2D eigenvalue weighted by molar-refractivity contribution is 7.20. The molecule has 0 spiro atoms. The minimum Gasteiger partial charge on any atom is -0.327 e. The Morgan fingerprint density at radius 1 is 1.00 bits per heavy atom. The van der Waals surface area contributed by atoms with E-state index in [1.54, 1.807) is 0 Å². The molecule has 0 N–H and O–H groups in total. The summed E-state index contributed by atoms with van der Waals surface area (Å²) in [6, 6.07) is 19.2. The number of carbonyl (C=O) groups is 1. The fraction of sp³-hybridized carbons (Fsp3) is 0.333. The molecule has 1 aromatic heterocycles. The average Bonchev–Trinajstić information content (AvgIpc) is 3.46. The topological polar surface area (TPSA) is 36.4 Å². The maximum atomic E-state index is 13.3. The zero-order valence-electron chi connectivity index (χ0n) is 14.5. The van der Waals surface area contributed by atoms with Crippen LogP contribution in [0.25, 0.3) is 10.2 Å². The Morgan fingerprint density at radius 2 is 1.77 bits per heavy atom. The molecule has 5 rings (SSSR count). The van der Waals surface area contributed by atoms with Crippen LogP contribution in [0, 0.1) is 0 Å². The largest absolute Gasteiger partial charge is 0.327 e. The summed E-state index contributed by atoms with van der Waals surface area (Å²) < 4.78 is 1.07. The van der Waals surface area contributed by atoms with Crippen molar-refractivity contribution in [3.05, 3.63) is 65.2 Å². The molecule has 3 aromatic rings. The summed E-state index contributed by atoms with van der Waals surface area (Å²) in [5.74, 6) is 0.0653. The van der Waals surface area contributed by atoms with Gasteiger partial charge in [-0.2, -0.15) is 0 Å². The molecule has 0 radical (unpaired) electrons. The second kappa shape index (κ2) is 6.49. The molecule has 0 bridgehead atoms. The van der Waals surface area contributed by atoms with E-state index in [-0.39, 0.29) is 11.9 Å². The number of para-hydroxylation sites is 1. The Balaban J connectivity index is 1.47.